The molecule has 2 aromatic carbocycles. The summed E-state index contributed by atoms with van der Waals surface area (Å²) in [6.07, 6.45) is 8.01. The molecule has 0 unspecified atom stereocenters. The number of carbonyl (C=O) groups is 1. The molecule has 31 heavy (non-hydrogen) atoms. The highest BCUT2D eigenvalue weighted by atomic mass is 16.6. The van der Waals surface area contributed by atoms with E-state index >= 15 is 0 Å². The number of hydrogen-bond donors (Lipinski definition) is 1. The molecule has 0 atom stereocenters. The van der Waals surface area contributed by atoms with Crippen LogP contribution in [0.1, 0.15) is 49.4 Å². The van der Waals surface area contributed by atoms with Gasteiger partial charge in [-0.1, -0.05) is 31.4 Å². The van der Waals surface area contributed by atoms with Crippen LogP contribution in [-0.4, -0.2) is 20.5 Å². The summed E-state index contributed by atoms with van der Waals surface area (Å²) in [5.41, 5.74) is 3.61. The molecular weight excluding hydrogens is 396 g/mol. The van der Waals surface area contributed by atoms with Crippen LogP contribution in [0.4, 0.5) is 5.69 Å². The number of hydrogen-bond acceptors (Lipinski definition) is 5. The van der Waals surface area contributed by atoms with Gasteiger partial charge in [0.2, 0.25) is 0 Å². The molecule has 1 N–H and O–H groups in total. The first kappa shape index (κ1) is 20.5. The number of nitro groups is 1. The maximum atomic E-state index is 13.1. The van der Waals surface area contributed by atoms with E-state index in [0.29, 0.717) is 22.3 Å². The number of rotatable bonds is 5. The third-order valence-electron chi connectivity index (χ3n) is 5.53. The van der Waals surface area contributed by atoms with Crippen LogP contribution in [-0.2, 0) is 4.79 Å². The molecule has 1 heterocycles. The van der Waals surface area contributed by atoms with Crippen LogP contribution < -0.4 is 11.0 Å². The summed E-state index contributed by atoms with van der Waals surface area (Å²) < 4.78 is 1.28. The van der Waals surface area contributed by atoms with Crippen molar-refractivity contribution < 1.29 is 9.72 Å². The number of carbonyl (C=O) groups excluding carboxylic acids is 1. The average molecular weight is 418 g/mol. The van der Waals surface area contributed by atoms with E-state index in [1.807, 2.05) is 12.1 Å². The van der Waals surface area contributed by atoms with Gasteiger partial charge in [-0.2, -0.15) is 0 Å². The molecule has 4 rings (SSSR count). The summed E-state index contributed by atoms with van der Waals surface area (Å²) in [5.74, 6) is 0.222. The van der Waals surface area contributed by atoms with Crippen LogP contribution in [0.25, 0.3) is 17.0 Å². The molecule has 0 radical (unpaired) electrons. The highest BCUT2D eigenvalue weighted by molar-refractivity contribution is 5.97. The Morgan fingerprint density at radius 1 is 1.10 bits per heavy atom. The molecule has 0 aliphatic heterocycles. The number of para-hydroxylation sites is 1. The van der Waals surface area contributed by atoms with E-state index in [0.717, 1.165) is 25.7 Å². The van der Waals surface area contributed by atoms with E-state index in [-0.39, 0.29) is 17.2 Å². The molecule has 1 aliphatic carbocycles. The van der Waals surface area contributed by atoms with Crippen molar-refractivity contribution in [2.75, 3.05) is 5.43 Å². The lowest BCUT2D eigenvalue weighted by Gasteiger charge is -2.24. The Morgan fingerprint density at radius 3 is 2.52 bits per heavy atom. The van der Waals surface area contributed by atoms with Gasteiger partial charge in [0.1, 0.15) is 5.82 Å². The summed E-state index contributed by atoms with van der Waals surface area (Å²) in [6.45, 7) is 0. The summed E-state index contributed by atoms with van der Waals surface area (Å²) >= 11 is 0. The number of nitrogens with one attached hydrogen (secondary N) is 1. The Balaban J connectivity index is 1.63. The van der Waals surface area contributed by atoms with Crippen molar-refractivity contribution in [3.63, 3.8) is 0 Å². The Morgan fingerprint density at radius 2 is 1.81 bits per heavy atom. The molecule has 8 heteroatoms. The summed E-state index contributed by atoms with van der Waals surface area (Å²) in [7, 11) is 0. The molecule has 0 bridgehead atoms. The van der Waals surface area contributed by atoms with Crippen molar-refractivity contribution in [1.82, 2.24) is 9.66 Å². The highest BCUT2D eigenvalue weighted by Gasteiger charge is 2.23. The molecule has 8 nitrogen and oxygen atoms in total. The van der Waals surface area contributed by atoms with Crippen molar-refractivity contribution in [3.05, 3.63) is 86.5 Å². The third kappa shape index (κ3) is 4.53. The fraction of sp³-hybridized carbons (Fsp3) is 0.261. The van der Waals surface area contributed by atoms with Crippen molar-refractivity contribution in [2.24, 2.45) is 0 Å². The summed E-state index contributed by atoms with van der Waals surface area (Å²) in [6, 6.07) is 13.0. The maximum absolute atomic E-state index is 13.1. The molecular formula is C23H22N4O4. The summed E-state index contributed by atoms with van der Waals surface area (Å²) in [4.78, 5) is 40.7. The number of benzene rings is 2. The second-order valence-corrected chi connectivity index (χ2v) is 7.62. The average Bonchev–Trinajstić information content (AvgIpc) is 2.80. The second-order valence-electron chi connectivity index (χ2n) is 7.62. The molecule has 1 aromatic heterocycles. The SMILES string of the molecule is O=C(/C=C/c1ccc([N+](=O)[O-])cc1)Nn1c(C2CCCCC2)nc2ccccc2c1=O. The van der Waals surface area contributed by atoms with Crippen molar-refractivity contribution in [3.8, 4) is 0 Å². The van der Waals surface area contributed by atoms with Crippen LogP contribution in [0, 0.1) is 10.1 Å². The minimum Gasteiger partial charge on any atom is -0.268 e. The van der Waals surface area contributed by atoms with Gasteiger partial charge in [0.25, 0.3) is 17.2 Å². The maximum Gasteiger partial charge on any atom is 0.280 e. The van der Waals surface area contributed by atoms with Gasteiger partial charge in [0.15, 0.2) is 0 Å². The quantitative estimate of drug-likeness (QED) is 0.381. The first-order valence-corrected chi connectivity index (χ1v) is 10.3. The molecule has 1 amide bonds. The first-order chi connectivity index (χ1) is 15.0. The van der Waals surface area contributed by atoms with Gasteiger partial charge in [-0.05, 0) is 48.7 Å². The lowest BCUT2D eigenvalue weighted by atomic mass is 9.88. The van der Waals surface area contributed by atoms with E-state index in [1.54, 1.807) is 30.3 Å². The number of nitrogens with zero attached hydrogens (tertiary/aromatic N) is 3. The molecule has 0 spiro atoms. The zero-order valence-corrected chi connectivity index (χ0v) is 16.9. The minimum atomic E-state index is -0.480. The van der Waals surface area contributed by atoms with Gasteiger partial charge in [-0.15, -0.1) is 0 Å². The second kappa shape index (κ2) is 8.91. The van der Waals surface area contributed by atoms with Crippen molar-refractivity contribution in [1.29, 1.82) is 0 Å². The van der Waals surface area contributed by atoms with Gasteiger partial charge in [-0.3, -0.25) is 25.1 Å². The van der Waals surface area contributed by atoms with Crippen molar-refractivity contribution in [2.45, 2.75) is 38.0 Å². The monoisotopic (exact) mass is 418 g/mol. The summed E-state index contributed by atoms with van der Waals surface area (Å²) in [5, 5.41) is 11.2. The molecule has 0 saturated heterocycles. The molecule has 3 aromatic rings. The van der Waals surface area contributed by atoms with Crippen LogP contribution in [0.2, 0.25) is 0 Å². The Hall–Kier alpha value is -3.81. The van der Waals surface area contributed by atoms with Crippen LogP contribution in [0.3, 0.4) is 0 Å². The number of non-ortho nitro benzene ring substituents is 1. The molecule has 1 aliphatic rings. The third-order valence-corrected chi connectivity index (χ3v) is 5.53. The smallest absolute Gasteiger partial charge is 0.268 e. The van der Waals surface area contributed by atoms with E-state index in [2.05, 4.69) is 5.43 Å². The Labute approximate surface area is 178 Å². The fourth-order valence-corrected chi connectivity index (χ4v) is 3.92. The highest BCUT2D eigenvalue weighted by Crippen LogP contribution is 2.31. The first-order valence-electron chi connectivity index (χ1n) is 10.3. The Kier molecular flexibility index (Phi) is 5.88. The van der Waals surface area contributed by atoms with Gasteiger partial charge in [-0.25, -0.2) is 9.66 Å². The molecule has 1 saturated carbocycles. The number of fused-ring (bicyclic) bond motifs is 1. The van der Waals surface area contributed by atoms with Crippen molar-refractivity contribution >= 4 is 28.6 Å². The topological polar surface area (TPSA) is 107 Å². The van der Waals surface area contributed by atoms with Gasteiger partial charge in [0.05, 0.1) is 15.8 Å². The predicted molar refractivity (Wildman–Crippen MR) is 118 cm³/mol. The zero-order chi connectivity index (χ0) is 21.8. The fourth-order valence-electron chi connectivity index (χ4n) is 3.92. The number of amides is 1. The molecule has 158 valence electrons. The lowest BCUT2D eigenvalue weighted by molar-refractivity contribution is -0.384. The van der Waals surface area contributed by atoms with Gasteiger partial charge < -0.3 is 0 Å². The standard InChI is InChI=1S/C23H22N4O4/c28-21(15-12-16-10-13-18(14-11-16)27(30)31)25-26-22(17-6-2-1-3-7-17)24-20-9-5-4-8-19(20)23(26)29/h4-5,8-15,17H,1-3,6-7H2,(H,25,28)/b15-12+. The van der Waals surface area contributed by atoms with Gasteiger partial charge in [0, 0.05) is 24.1 Å². The molecule has 1 fully saturated rings. The van der Waals surface area contributed by atoms with Gasteiger partial charge >= 0.3 is 0 Å². The predicted octanol–water partition coefficient (Wildman–Crippen LogP) is 4.14. The van der Waals surface area contributed by atoms with E-state index < -0.39 is 10.8 Å². The number of nitro benzene ring substituents is 1. The van der Waals surface area contributed by atoms with E-state index in [9.17, 15) is 19.7 Å². The van der Waals surface area contributed by atoms with E-state index in [1.165, 1.54) is 29.3 Å². The minimum absolute atomic E-state index is 0.0208. The van der Waals surface area contributed by atoms with E-state index in [4.69, 9.17) is 4.98 Å². The largest absolute Gasteiger partial charge is 0.280 e. The lowest BCUT2D eigenvalue weighted by Crippen LogP contribution is -2.37. The zero-order valence-electron chi connectivity index (χ0n) is 16.9. The number of aromatic nitrogens is 2. The van der Waals surface area contributed by atoms with Crippen LogP contribution in [0.5, 0.6) is 0 Å². The Bertz CT molecular complexity index is 1210. The van der Waals surface area contributed by atoms with Crippen LogP contribution >= 0.6 is 0 Å². The van der Waals surface area contributed by atoms with Crippen LogP contribution in [0.15, 0.2) is 59.4 Å². The normalized spacial score (nSPS) is 14.7.